The molecule has 0 radical (unpaired) electrons. The molecule has 2 aromatic rings. The Hall–Kier alpha value is -2.60. The predicted molar refractivity (Wildman–Crippen MR) is 92.7 cm³/mol. The minimum Gasteiger partial charge on any atom is -0.507 e. The number of phenolic OH excluding ortho intramolecular Hbond substituents is 1. The number of halogens is 2. The van der Waals surface area contributed by atoms with Crippen LogP contribution >= 0.6 is 11.6 Å². The number of phenols is 1. The van der Waals surface area contributed by atoms with Gasteiger partial charge in [-0.3, -0.25) is 4.79 Å². The number of carbonyl (C=O) groups is 1. The number of benzene rings is 2. The van der Waals surface area contributed by atoms with Crippen molar-refractivity contribution in [3.63, 3.8) is 0 Å². The van der Waals surface area contributed by atoms with Crippen LogP contribution in [-0.4, -0.2) is 23.3 Å². The highest BCUT2D eigenvalue weighted by molar-refractivity contribution is 6.32. The molecule has 1 aliphatic rings. The number of fused-ring (bicyclic) bond motifs is 1. The van der Waals surface area contributed by atoms with Crippen LogP contribution in [-0.2, 0) is 4.79 Å². The molecule has 0 fully saturated rings. The van der Waals surface area contributed by atoms with E-state index in [1.165, 1.54) is 12.1 Å². The lowest BCUT2D eigenvalue weighted by molar-refractivity contribution is -0.123. The average Bonchev–Trinajstić information content (AvgIpc) is 2.93. The van der Waals surface area contributed by atoms with E-state index in [1.807, 2.05) is 6.92 Å². The summed E-state index contributed by atoms with van der Waals surface area (Å²) in [6, 6.07) is 9.31. The minimum absolute atomic E-state index is 0.0546. The number of aromatic hydroxyl groups is 1. The number of hydrogen-bond acceptors (Lipinski definition) is 4. The highest BCUT2D eigenvalue weighted by atomic mass is 35.5. The molecule has 0 aromatic heterocycles. The molecule has 130 valence electrons. The fourth-order valence-corrected chi connectivity index (χ4v) is 3.02. The molecule has 5 nitrogen and oxygen atoms in total. The van der Waals surface area contributed by atoms with Gasteiger partial charge in [-0.2, -0.15) is 5.10 Å². The standard InChI is InChI=1S/C18H16ClFN2O3/c1-10-8-13(18-14(23)7-6-12(20)17(10)18)21-22-16(24)9-25-15-5-3-2-4-11(15)19/h2-7,10,23H,8-9H2,1H3,(H,22,24)/b21-13+/t10-/m1/s1. The monoisotopic (exact) mass is 362 g/mol. The topological polar surface area (TPSA) is 70.9 Å². The van der Waals surface area contributed by atoms with Crippen LogP contribution < -0.4 is 10.2 Å². The highest BCUT2D eigenvalue weighted by Gasteiger charge is 2.30. The number of hydrogen-bond donors (Lipinski definition) is 2. The molecular formula is C18H16ClFN2O3. The summed E-state index contributed by atoms with van der Waals surface area (Å²) in [7, 11) is 0. The Morgan fingerprint density at radius 3 is 2.92 bits per heavy atom. The SMILES string of the molecule is C[C@@H]1C/C(=N\NC(=O)COc2ccccc2Cl)c2c(O)ccc(F)c21. The van der Waals surface area contributed by atoms with Crippen molar-refractivity contribution >= 4 is 23.2 Å². The number of rotatable bonds is 4. The highest BCUT2D eigenvalue weighted by Crippen LogP contribution is 2.39. The lowest BCUT2D eigenvalue weighted by atomic mass is 10.0. The van der Waals surface area contributed by atoms with Gasteiger partial charge in [-0.05, 0) is 36.6 Å². The summed E-state index contributed by atoms with van der Waals surface area (Å²) < 4.78 is 19.3. The second-order valence-electron chi connectivity index (χ2n) is 5.77. The molecule has 0 saturated heterocycles. The van der Waals surface area contributed by atoms with Crippen molar-refractivity contribution in [3.05, 3.63) is 58.4 Å². The van der Waals surface area contributed by atoms with E-state index in [0.717, 1.165) is 0 Å². The van der Waals surface area contributed by atoms with Crippen LogP contribution in [0.4, 0.5) is 4.39 Å². The number of nitrogens with zero attached hydrogens (tertiary/aromatic N) is 1. The number of amides is 1. The molecule has 1 atom stereocenters. The number of carbonyl (C=O) groups excluding carboxylic acids is 1. The minimum atomic E-state index is -0.482. The molecule has 0 saturated carbocycles. The van der Waals surface area contributed by atoms with Gasteiger partial charge in [0.25, 0.3) is 5.91 Å². The smallest absolute Gasteiger partial charge is 0.277 e. The van der Waals surface area contributed by atoms with Gasteiger partial charge in [0.15, 0.2) is 6.61 Å². The van der Waals surface area contributed by atoms with Crippen LogP contribution in [0.3, 0.4) is 0 Å². The third-order valence-electron chi connectivity index (χ3n) is 3.96. The maximum Gasteiger partial charge on any atom is 0.277 e. The van der Waals surface area contributed by atoms with Crippen LogP contribution in [0.25, 0.3) is 0 Å². The summed E-state index contributed by atoms with van der Waals surface area (Å²) in [5.74, 6) is -0.659. The van der Waals surface area contributed by atoms with Crippen LogP contribution in [0.15, 0.2) is 41.5 Å². The third kappa shape index (κ3) is 3.58. The molecule has 0 aliphatic heterocycles. The van der Waals surface area contributed by atoms with Crippen molar-refractivity contribution in [2.45, 2.75) is 19.3 Å². The molecule has 1 aliphatic carbocycles. The molecule has 2 aromatic carbocycles. The van der Waals surface area contributed by atoms with Gasteiger partial charge in [0, 0.05) is 11.1 Å². The predicted octanol–water partition coefficient (Wildman–Crippen LogP) is 3.59. The molecule has 2 N–H and O–H groups in total. The maximum atomic E-state index is 14.0. The largest absolute Gasteiger partial charge is 0.507 e. The second-order valence-corrected chi connectivity index (χ2v) is 6.18. The summed E-state index contributed by atoms with van der Waals surface area (Å²) in [5, 5.41) is 14.4. The van der Waals surface area contributed by atoms with Crippen molar-refractivity contribution in [1.29, 1.82) is 0 Å². The van der Waals surface area contributed by atoms with Crippen LogP contribution in [0.2, 0.25) is 5.02 Å². The third-order valence-corrected chi connectivity index (χ3v) is 4.27. The lowest BCUT2D eigenvalue weighted by Crippen LogP contribution is -2.25. The Kier molecular flexibility index (Phi) is 4.90. The maximum absolute atomic E-state index is 14.0. The fourth-order valence-electron chi connectivity index (χ4n) is 2.83. The molecule has 1 amide bonds. The van der Waals surface area contributed by atoms with Crippen molar-refractivity contribution < 1.29 is 19.0 Å². The van der Waals surface area contributed by atoms with Gasteiger partial charge in [0.1, 0.15) is 17.3 Å². The Bertz CT molecular complexity index is 854. The Balaban J connectivity index is 1.69. The Morgan fingerprint density at radius 2 is 2.16 bits per heavy atom. The van der Waals surface area contributed by atoms with Gasteiger partial charge < -0.3 is 9.84 Å². The van der Waals surface area contributed by atoms with Gasteiger partial charge in [0.2, 0.25) is 0 Å². The van der Waals surface area contributed by atoms with E-state index in [9.17, 15) is 14.3 Å². The summed E-state index contributed by atoms with van der Waals surface area (Å²) in [6.07, 6.45) is 0.426. The molecule has 7 heteroatoms. The van der Waals surface area contributed by atoms with E-state index < -0.39 is 5.91 Å². The number of para-hydroxylation sites is 1. The lowest BCUT2D eigenvalue weighted by Gasteiger charge is -2.07. The Morgan fingerprint density at radius 1 is 1.40 bits per heavy atom. The first kappa shape index (κ1) is 17.2. The number of hydrazone groups is 1. The summed E-state index contributed by atoms with van der Waals surface area (Å²) in [6.45, 7) is 1.57. The zero-order valence-corrected chi connectivity index (χ0v) is 14.2. The number of nitrogens with one attached hydrogen (secondary N) is 1. The first-order chi connectivity index (χ1) is 12.0. The van der Waals surface area contributed by atoms with Gasteiger partial charge in [0.05, 0.1) is 10.7 Å². The van der Waals surface area contributed by atoms with Crippen LogP contribution in [0, 0.1) is 5.82 Å². The van der Waals surface area contributed by atoms with Gasteiger partial charge in [-0.25, -0.2) is 9.82 Å². The first-order valence-corrected chi connectivity index (χ1v) is 8.09. The van der Waals surface area contributed by atoms with Crippen molar-refractivity contribution in [3.8, 4) is 11.5 Å². The zero-order chi connectivity index (χ0) is 18.0. The molecular weight excluding hydrogens is 347 g/mol. The summed E-state index contributed by atoms with van der Waals surface area (Å²) >= 11 is 5.95. The zero-order valence-electron chi connectivity index (χ0n) is 13.4. The fraction of sp³-hybridized carbons (Fsp3) is 0.222. The molecule has 0 heterocycles. The van der Waals surface area contributed by atoms with E-state index in [-0.39, 0.29) is 24.1 Å². The van der Waals surface area contributed by atoms with Crippen molar-refractivity contribution in [2.24, 2.45) is 5.10 Å². The van der Waals surface area contributed by atoms with E-state index in [4.69, 9.17) is 16.3 Å². The van der Waals surface area contributed by atoms with Gasteiger partial charge >= 0.3 is 0 Å². The quantitative estimate of drug-likeness (QED) is 0.816. The van der Waals surface area contributed by atoms with Crippen LogP contribution in [0.5, 0.6) is 11.5 Å². The Labute approximate surface area is 149 Å². The van der Waals surface area contributed by atoms with Gasteiger partial charge in [-0.1, -0.05) is 30.7 Å². The summed E-state index contributed by atoms with van der Waals surface area (Å²) in [5.41, 5.74) is 3.57. The second kappa shape index (κ2) is 7.11. The number of ether oxygens (including phenoxy) is 1. The van der Waals surface area contributed by atoms with Gasteiger partial charge in [-0.15, -0.1) is 0 Å². The first-order valence-electron chi connectivity index (χ1n) is 7.72. The molecule has 0 bridgehead atoms. The van der Waals surface area contributed by atoms with Crippen molar-refractivity contribution in [2.75, 3.05) is 6.61 Å². The van der Waals surface area contributed by atoms with E-state index in [1.54, 1.807) is 24.3 Å². The van der Waals surface area contributed by atoms with Crippen LogP contribution in [0.1, 0.15) is 30.4 Å². The van der Waals surface area contributed by atoms with E-state index in [0.29, 0.717) is 34.0 Å². The van der Waals surface area contributed by atoms with Crippen molar-refractivity contribution in [1.82, 2.24) is 5.43 Å². The summed E-state index contributed by atoms with van der Waals surface area (Å²) in [4.78, 5) is 11.9. The molecule has 0 spiro atoms. The van der Waals surface area contributed by atoms with E-state index >= 15 is 0 Å². The normalized spacial score (nSPS) is 17.4. The molecule has 25 heavy (non-hydrogen) atoms. The molecule has 0 unspecified atom stereocenters. The molecule has 3 rings (SSSR count). The average molecular weight is 363 g/mol. The van der Waals surface area contributed by atoms with E-state index in [2.05, 4.69) is 10.5 Å².